The highest BCUT2D eigenvalue weighted by Crippen LogP contribution is 2.32. The van der Waals surface area contributed by atoms with Crippen molar-refractivity contribution in [3.05, 3.63) is 96.1 Å². The van der Waals surface area contributed by atoms with E-state index in [2.05, 4.69) is 10.1 Å². The predicted octanol–water partition coefficient (Wildman–Crippen LogP) is 4.98. The molecule has 5 rings (SSSR count). The molecular formula is C25H20FN3O3. The SMILES string of the molecule is O=C1CC(c2nc(-c3ccc(OCc4ccccc4)cc3)no2)CN1c1cccc(F)c1. The Morgan fingerprint density at radius 2 is 1.84 bits per heavy atom. The molecule has 0 radical (unpaired) electrons. The number of halogens is 1. The van der Waals surface area contributed by atoms with Crippen molar-refractivity contribution in [1.29, 1.82) is 0 Å². The third-order valence-electron chi connectivity index (χ3n) is 5.40. The van der Waals surface area contributed by atoms with Gasteiger partial charge in [0.1, 0.15) is 18.2 Å². The summed E-state index contributed by atoms with van der Waals surface area (Å²) in [6.45, 7) is 0.861. The number of rotatable bonds is 6. The molecule has 0 spiro atoms. The van der Waals surface area contributed by atoms with Gasteiger partial charge >= 0.3 is 0 Å². The van der Waals surface area contributed by atoms with E-state index in [-0.39, 0.29) is 24.1 Å². The minimum atomic E-state index is -0.380. The summed E-state index contributed by atoms with van der Waals surface area (Å²) in [5, 5.41) is 4.07. The molecule has 0 saturated carbocycles. The number of amides is 1. The molecule has 1 amide bonds. The summed E-state index contributed by atoms with van der Waals surface area (Å²) < 4.78 is 24.8. The van der Waals surface area contributed by atoms with Crippen molar-refractivity contribution in [2.24, 2.45) is 0 Å². The number of nitrogens with zero attached hydrogens (tertiary/aromatic N) is 3. The van der Waals surface area contributed by atoms with Gasteiger partial charge in [-0.15, -0.1) is 0 Å². The summed E-state index contributed by atoms with van der Waals surface area (Å²) in [4.78, 5) is 18.5. The first-order chi connectivity index (χ1) is 15.7. The van der Waals surface area contributed by atoms with Crippen LogP contribution in [0.4, 0.5) is 10.1 Å². The van der Waals surface area contributed by atoms with E-state index in [1.165, 1.54) is 12.1 Å². The minimum absolute atomic E-state index is 0.0970. The molecule has 1 atom stereocenters. The fourth-order valence-electron chi connectivity index (χ4n) is 3.73. The lowest BCUT2D eigenvalue weighted by Crippen LogP contribution is -2.24. The van der Waals surface area contributed by atoms with Gasteiger partial charge in [0.15, 0.2) is 0 Å². The summed E-state index contributed by atoms with van der Waals surface area (Å²) >= 11 is 0. The molecule has 7 heteroatoms. The van der Waals surface area contributed by atoms with Gasteiger partial charge < -0.3 is 14.2 Å². The number of carbonyl (C=O) groups is 1. The van der Waals surface area contributed by atoms with Crippen LogP contribution < -0.4 is 9.64 Å². The zero-order valence-corrected chi connectivity index (χ0v) is 17.1. The van der Waals surface area contributed by atoms with Gasteiger partial charge in [-0.25, -0.2) is 4.39 Å². The van der Waals surface area contributed by atoms with Gasteiger partial charge in [-0.2, -0.15) is 4.98 Å². The van der Waals surface area contributed by atoms with Crippen molar-refractivity contribution in [3.8, 4) is 17.1 Å². The number of benzene rings is 3. The third kappa shape index (κ3) is 4.23. The topological polar surface area (TPSA) is 68.5 Å². The van der Waals surface area contributed by atoms with E-state index in [1.807, 2.05) is 54.6 Å². The number of carbonyl (C=O) groups excluding carboxylic acids is 1. The van der Waals surface area contributed by atoms with Gasteiger partial charge in [0, 0.05) is 24.2 Å². The third-order valence-corrected chi connectivity index (χ3v) is 5.40. The van der Waals surface area contributed by atoms with Gasteiger partial charge in [-0.05, 0) is 48.0 Å². The van der Waals surface area contributed by atoms with Crippen LogP contribution >= 0.6 is 0 Å². The summed E-state index contributed by atoms with van der Waals surface area (Å²) in [6, 6.07) is 23.4. The molecule has 1 aliphatic rings. The van der Waals surface area contributed by atoms with E-state index in [1.54, 1.807) is 17.0 Å². The van der Waals surface area contributed by atoms with E-state index in [0.29, 0.717) is 30.6 Å². The second kappa shape index (κ2) is 8.63. The maximum absolute atomic E-state index is 13.5. The largest absolute Gasteiger partial charge is 0.489 e. The first-order valence-corrected chi connectivity index (χ1v) is 10.3. The lowest BCUT2D eigenvalue weighted by molar-refractivity contribution is -0.117. The maximum atomic E-state index is 13.5. The first kappa shape index (κ1) is 19.9. The molecule has 32 heavy (non-hydrogen) atoms. The standard InChI is InChI=1S/C25H20FN3O3/c26-20-7-4-8-21(14-20)29-15-19(13-23(29)30)25-27-24(28-32-25)18-9-11-22(12-10-18)31-16-17-5-2-1-3-6-17/h1-12,14,19H,13,15-16H2. The second-order valence-electron chi connectivity index (χ2n) is 7.64. The molecule has 0 aliphatic carbocycles. The average Bonchev–Trinajstić information content (AvgIpc) is 3.46. The molecular weight excluding hydrogens is 409 g/mol. The lowest BCUT2D eigenvalue weighted by Gasteiger charge is -2.15. The van der Waals surface area contributed by atoms with Gasteiger partial charge in [-0.3, -0.25) is 4.79 Å². The van der Waals surface area contributed by atoms with Crippen LogP contribution in [-0.4, -0.2) is 22.6 Å². The molecule has 1 unspecified atom stereocenters. The zero-order valence-electron chi connectivity index (χ0n) is 17.1. The zero-order chi connectivity index (χ0) is 21.9. The van der Waals surface area contributed by atoms with Crippen LogP contribution in [-0.2, 0) is 11.4 Å². The maximum Gasteiger partial charge on any atom is 0.232 e. The highest BCUT2D eigenvalue weighted by Gasteiger charge is 2.35. The Morgan fingerprint density at radius 1 is 1.03 bits per heavy atom. The number of anilines is 1. The molecule has 0 N–H and O–H groups in total. The Bertz CT molecular complexity index is 1220. The van der Waals surface area contributed by atoms with Crippen LogP contribution in [0.25, 0.3) is 11.4 Å². The molecule has 1 fully saturated rings. The van der Waals surface area contributed by atoms with Gasteiger partial charge in [0.05, 0.1) is 5.92 Å². The van der Waals surface area contributed by atoms with Crippen molar-refractivity contribution < 1.29 is 18.4 Å². The fraction of sp³-hybridized carbons (Fsp3) is 0.160. The van der Waals surface area contributed by atoms with Crippen molar-refractivity contribution >= 4 is 11.6 Å². The molecule has 1 saturated heterocycles. The van der Waals surface area contributed by atoms with Crippen LogP contribution in [0.1, 0.15) is 23.8 Å². The molecule has 6 nitrogen and oxygen atoms in total. The quantitative estimate of drug-likeness (QED) is 0.433. The molecule has 160 valence electrons. The minimum Gasteiger partial charge on any atom is -0.489 e. The Hall–Kier alpha value is -4.00. The van der Waals surface area contributed by atoms with E-state index >= 15 is 0 Å². The highest BCUT2D eigenvalue weighted by molar-refractivity contribution is 5.96. The Balaban J connectivity index is 1.25. The molecule has 1 aromatic heterocycles. The Morgan fingerprint density at radius 3 is 2.62 bits per heavy atom. The Labute approximate surface area is 184 Å². The monoisotopic (exact) mass is 429 g/mol. The summed E-state index contributed by atoms with van der Waals surface area (Å²) in [5.74, 6) is 0.882. The normalized spacial score (nSPS) is 15.8. The summed E-state index contributed by atoms with van der Waals surface area (Å²) in [6.07, 6.45) is 0.240. The predicted molar refractivity (Wildman–Crippen MR) is 117 cm³/mol. The van der Waals surface area contributed by atoms with Crippen molar-refractivity contribution in [2.75, 3.05) is 11.4 Å². The van der Waals surface area contributed by atoms with Gasteiger partial charge in [0.2, 0.25) is 17.6 Å². The molecule has 0 bridgehead atoms. The number of hydrogen-bond donors (Lipinski definition) is 0. The Kier molecular flexibility index (Phi) is 5.37. The van der Waals surface area contributed by atoms with Crippen molar-refractivity contribution in [2.45, 2.75) is 18.9 Å². The summed E-state index contributed by atoms with van der Waals surface area (Å²) in [7, 11) is 0. The van der Waals surface area contributed by atoms with E-state index in [4.69, 9.17) is 9.26 Å². The van der Waals surface area contributed by atoms with E-state index in [9.17, 15) is 9.18 Å². The molecule has 2 heterocycles. The number of aromatic nitrogens is 2. The highest BCUT2D eigenvalue weighted by atomic mass is 19.1. The van der Waals surface area contributed by atoms with Gasteiger partial charge in [-0.1, -0.05) is 41.6 Å². The number of hydrogen-bond acceptors (Lipinski definition) is 5. The summed E-state index contributed by atoms with van der Waals surface area (Å²) in [5.41, 5.74) is 2.42. The molecule has 1 aliphatic heterocycles. The number of ether oxygens (including phenoxy) is 1. The lowest BCUT2D eigenvalue weighted by atomic mass is 10.1. The van der Waals surface area contributed by atoms with Crippen LogP contribution in [0.5, 0.6) is 5.75 Å². The second-order valence-corrected chi connectivity index (χ2v) is 7.64. The first-order valence-electron chi connectivity index (χ1n) is 10.3. The van der Waals surface area contributed by atoms with Gasteiger partial charge in [0.25, 0.3) is 0 Å². The van der Waals surface area contributed by atoms with E-state index in [0.717, 1.165) is 16.9 Å². The van der Waals surface area contributed by atoms with Crippen LogP contribution in [0.2, 0.25) is 0 Å². The fourth-order valence-corrected chi connectivity index (χ4v) is 3.73. The van der Waals surface area contributed by atoms with Crippen molar-refractivity contribution in [3.63, 3.8) is 0 Å². The van der Waals surface area contributed by atoms with Crippen LogP contribution in [0.3, 0.4) is 0 Å². The molecule has 3 aromatic carbocycles. The van der Waals surface area contributed by atoms with E-state index < -0.39 is 0 Å². The van der Waals surface area contributed by atoms with Crippen LogP contribution in [0, 0.1) is 5.82 Å². The average molecular weight is 429 g/mol. The van der Waals surface area contributed by atoms with Crippen LogP contribution in [0.15, 0.2) is 83.4 Å². The van der Waals surface area contributed by atoms with Crippen molar-refractivity contribution in [1.82, 2.24) is 10.1 Å². The molecule has 4 aromatic rings. The smallest absolute Gasteiger partial charge is 0.232 e.